The Kier molecular flexibility index (Phi) is 4.62. The van der Waals surface area contributed by atoms with Crippen LogP contribution in [0.15, 0.2) is 55.0 Å². The minimum Gasteiger partial charge on any atom is -0.454 e. The van der Waals surface area contributed by atoms with E-state index in [1.807, 2.05) is 30.3 Å². The van der Waals surface area contributed by atoms with Crippen molar-refractivity contribution in [1.29, 1.82) is 0 Å². The van der Waals surface area contributed by atoms with Crippen molar-refractivity contribution in [1.82, 2.24) is 19.7 Å². The summed E-state index contributed by atoms with van der Waals surface area (Å²) in [6.07, 6.45) is 3.19. The first-order valence-corrected chi connectivity index (χ1v) is 9.61. The quantitative estimate of drug-likeness (QED) is 0.516. The normalized spacial score (nSPS) is 12.2. The summed E-state index contributed by atoms with van der Waals surface area (Å²) in [5, 5.41) is 5.74. The van der Waals surface area contributed by atoms with E-state index in [9.17, 15) is 9.18 Å². The molecule has 1 aliphatic heterocycles. The van der Waals surface area contributed by atoms with E-state index in [1.165, 1.54) is 18.5 Å². The van der Waals surface area contributed by atoms with E-state index in [4.69, 9.17) is 9.47 Å². The maximum absolute atomic E-state index is 14.4. The fraction of sp³-hybridized carbons (Fsp3) is 0.136. The molecular formula is C22H18FN5O3. The predicted molar refractivity (Wildman–Crippen MR) is 112 cm³/mol. The number of carbonyl (C=O) groups is 1. The van der Waals surface area contributed by atoms with Crippen LogP contribution in [0.5, 0.6) is 11.5 Å². The van der Waals surface area contributed by atoms with Gasteiger partial charge >= 0.3 is 0 Å². The van der Waals surface area contributed by atoms with Crippen LogP contribution in [-0.2, 0) is 6.54 Å². The molecule has 0 aliphatic carbocycles. The fourth-order valence-corrected chi connectivity index (χ4v) is 3.60. The molecule has 1 aliphatic rings. The van der Waals surface area contributed by atoms with Crippen LogP contribution in [0.4, 0.5) is 10.3 Å². The molecule has 8 nitrogen and oxygen atoms in total. The molecule has 31 heavy (non-hydrogen) atoms. The van der Waals surface area contributed by atoms with Crippen molar-refractivity contribution >= 4 is 17.4 Å². The largest absolute Gasteiger partial charge is 0.454 e. The van der Waals surface area contributed by atoms with E-state index in [-0.39, 0.29) is 24.9 Å². The molecule has 1 amide bonds. The van der Waals surface area contributed by atoms with Crippen molar-refractivity contribution in [2.45, 2.75) is 6.54 Å². The zero-order valence-electron chi connectivity index (χ0n) is 16.6. The van der Waals surface area contributed by atoms with Crippen molar-refractivity contribution < 1.29 is 18.7 Å². The van der Waals surface area contributed by atoms with Gasteiger partial charge in [-0.3, -0.25) is 9.20 Å². The molecule has 5 rings (SSSR count). The third-order valence-electron chi connectivity index (χ3n) is 5.10. The molecule has 2 aromatic heterocycles. The lowest BCUT2D eigenvalue weighted by Gasteiger charge is -2.13. The number of ether oxygens (including phenoxy) is 2. The number of rotatable bonds is 5. The van der Waals surface area contributed by atoms with Gasteiger partial charge in [-0.2, -0.15) is 0 Å². The first-order valence-electron chi connectivity index (χ1n) is 9.61. The number of halogens is 1. The second kappa shape index (κ2) is 7.60. The molecule has 0 saturated carbocycles. The van der Waals surface area contributed by atoms with Crippen LogP contribution in [0.2, 0.25) is 0 Å². The first-order chi connectivity index (χ1) is 15.2. The summed E-state index contributed by atoms with van der Waals surface area (Å²) < 4.78 is 26.9. The van der Waals surface area contributed by atoms with Crippen LogP contribution in [0.1, 0.15) is 16.1 Å². The van der Waals surface area contributed by atoms with Gasteiger partial charge < -0.3 is 20.1 Å². The summed E-state index contributed by atoms with van der Waals surface area (Å²) in [4.78, 5) is 21.2. The van der Waals surface area contributed by atoms with Gasteiger partial charge in [-0.25, -0.2) is 14.4 Å². The highest BCUT2D eigenvalue weighted by atomic mass is 19.1. The number of aromatic nitrogens is 3. The Labute approximate surface area is 176 Å². The number of amides is 1. The second-order valence-corrected chi connectivity index (χ2v) is 6.87. The number of hydrogen-bond donors (Lipinski definition) is 2. The Morgan fingerprint density at radius 2 is 2.00 bits per heavy atom. The Bertz CT molecular complexity index is 1290. The summed E-state index contributed by atoms with van der Waals surface area (Å²) >= 11 is 0. The van der Waals surface area contributed by atoms with E-state index in [0.29, 0.717) is 28.5 Å². The molecule has 0 saturated heterocycles. The third-order valence-corrected chi connectivity index (χ3v) is 5.10. The highest BCUT2D eigenvalue weighted by Gasteiger charge is 2.23. The molecular weight excluding hydrogens is 401 g/mol. The molecule has 0 bridgehead atoms. The molecule has 0 unspecified atom stereocenters. The molecule has 4 aromatic rings. The van der Waals surface area contributed by atoms with Gasteiger partial charge in [-0.05, 0) is 17.7 Å². The van der Waals surface area contributed by atoms with E-state index in [0.717, 1.165) is 11.1 Å². The van der Waals surface area contributed by atoms with Crippen LogP contribution in [0.3, 0.4) is 0 Å². The summed E-state index contributed by atoms with van der Waals surface area (Å²) in [5.74, 6) is 0.565. The molecule has 0 radical (unpaired) electrons. The number of fused-ring (bicyclic) bond motifs is 2. The number of nitrogens with zero attached hydrogens (tertiary/aromatic N) is 3. The monoisotopic (exact) mass is 419 g/mol. The van der Waals surface area contributed by atoms with Gasteiger partial charge in [0, 0.05) is 25.4 Å². The van der Waals surface area contributed by atoms with E-state index < -0.39 is 5.82 Å². The smallest absolute Gasteiger partial charge is 0.271 e. The summed E-state index contributed by atoms with van der Waals surface area (Å²) in [5.41, 5.74) is 2.86. The van der Waals surface area contributed by atoms with Gasteiger partial charge in [-0.15, -0.1) is 0 Å². The molecule has 3 heterocycles. The fourth-order valence-electron chi connectivity index (χ4n) is 3.60. The van der Waals surface area contributed by atoms with Gasteiger partial charge in [0.25, 0.3) is 5.91 Å². The Balaban J connectivity index is 1.58. The predicted octanol–water partition coefficient (Wildman–Crippen LogP) is 3.24. The summed E-state index contributed by atoms with van der Waals surface area (Å²) in [6.45, 7) is 0.162. The lowest BCUT2D eigenvalue weighted by Crippen LogP contribution is -2.19. The standard InChI is InChI=1S/C22H18FN5O3/c1-24-21(29)18-19-14(13-5-3-2-4-6-13)9-25-22(28(19)11-27-18)26-10-15-16(23)7-8-17-20(15)31-12-30-17/h2-9,11H,10,12H2,1H3,(H,24,29)(H,25,26). The first kappa shape index (κ1) is 18.9. The molecule has 156 valence electrons. The van der Waals surface area contributed by atoms with Crippen molar-refractivity contribution in [3.63, 3.8) is 0 Å². The topological polar surface area (TPSA) is 89.8 Å². The van der Waals surface area contributed by atoms with Crippen LogP contribution < -0.4 is 20.1 Å². The Hall–Kier alpha value is -4.14. The number of anilines is 1. The van der Waals surface area contributed by atoms with Crippen molar-refractivity contribution in [2.24, 2.45) is 0 Å². The molecule has 9 heteroatoms. The SMILES string of the molecule is CNC(=O)c1ncn2c(NCc3c(F)ccc4c3OCO4)ncc(-c3ccccc3)c12. The maximum atomic E-state index is 14.4. The number of benzene rings is 2. The minimum absolute atomic E-state index is 0.0526. The van der Waals surface area contributed by atoms with Gasteiger partial charge in [0.2, 0.25) is 12.7 Å². The van der Waals surface area contributed by atoms with E-state index in [2.05, 4.69) is 20.6 Å². The van der Waals surface area contributed by atoms with Crippen LogP contribution in [-0.4, -0.2) is 34.1 Å². The number of imidazole rings is 1. The summed E-state index contributed by atoms with van der Waals surface area (Å²) in [6, 6.07) is 12.5. The minimum atomic E-state index is -0.411. The Morgan fingerprint density at radius 3 is 2.81 bits per heavy atom. The number of nitrogens with one attached hydrogen (secondary N) is 2. The van der Waals surface area contributed by atoms with Gasteiger partial charge in [0.15, 0.2) is 17.2 Å². The molecule has 2 aromatic carbocycles. The van der Waals surface area contributed by atoms with Crippen molar-refractivity contribution in [2.75, 3.05) is 19.2 Å². The average Bonchev–Trinajstić information content (AvgIpc) is 3.46. The van der Waals surface area contributed by atoms with E-state index >= 15 is 0 Å². The van der Waals surface area contributed by atoms with Crippen molar-refractivity contribution in [3.8, 4) is 22.6 Å². The zero-order chi connectivity index (χ0) is 21.4. The Morgan fingerprint density at radius 1 is 1.16 bits per heavy atom. The maximum Gasteiger partial charge on any atom is 0.271 e. The number of hydrogen-bond acceptors (Lipinski definition) is 6. The highest BCUT2D eigenvalue weighted by Crippen LogP contribution is 2.37. The van der Waals surface area contributed by atoms with Crippen LogP contribution >= 0.6 is 0 Å². The molecule has 0 atom stereocenters. The molecule has 0 spiro atoms. The van der Waals surface area contributed by atoms with Gasteiger partial charge in [0.05, 0.1) is 11.1 Å². The van der Waals surface area contributed by atoms with Crippen molar-refractivity contribution in [3.05, 3.63) is 72.1 Å². The zero-order valence-corrected chi connectivity index (χ0v) is 16.6. The summed E-state index contributed by atoms with van der Waals surface area (Å²) in [7, 11) is 1.55. The highest BCUT2D eigenvalue weighted by molar-refractivity contribution is 6.03. The average molecular weight is 419 g/mol. The molecule has 0 fully saturated rings. The second-order valence-electron chi connectivity index (χ2n) is 6.87. The van der Waals surface area contributed by atoms with Crippen LogP contribution in [0.25, 0.3) is 16.6 Å². The lowest BCUT2D eigenvalue weighted by molar-refractivity contribution is 0.0960. The lowest BCUT2D eigenvalue weighted by atomic mass is 10.1. The van der Waals surface area contributed by atoms with Crippen LogP contribution in [0, 0.1) is 5.82 Å². The molecule has 2 N–H and O–H groups in total. The number of carbonyl (C=O) groups excluding carboxylic acids is 1. The van der Waals surface area contributed by atoms with E-state index in [1.54, 1.807) is 17.6 Å². The van der Waals surface area contributed by atoms with Gasteiger partial charge in [-0.1, -0.05) is 30.3 Å². The third kappa shape index (κ3) is 3.20. The van der Waals surface area contributed by atoms with Gasteiger partial charge in [0.1, 0.15) is 12.1 Å².